The summed E-state index contributed by atoms with van der Waals surface area (Å²) in [5, 5.41) is 0. The summed E-state index contributed by atoms with van der Waals surface area (Å²) < 4.78 is 5.79. The zero-order chi connectivity index (χ0) is 15.6. The van der Waals surface area contributed by atoms with E-state index in [2.05, 4.69) is 33.1 Å². The number of nitrogens with zero attached hydrogens (tertiary/aromatic N) is 3. The molecule has 0 bridgehead atoms. The number of para-hydroxylation sites is 2. The second-order valence-corrected chi connectivity index (χ2v) is 5.36. The minimum absolute atomic E-state index is 0.380. The van der Waals surface area contributed by atoms with E-state index in [0.717, 1.165) is 18.7 Å². The van der Waals surface area contributed by atoms with E-state index < -0.39 is 0 Å². The summed E-state index contributed by atoms with van der Waals surface area (Å²) in [6.07, 6.45) is 2.47. The van der Waals surface area contributed by atoms with Crippen LogP contribution < -0.4 is 15.4 Å². The van der Waals surface area contributed by atoms with Gasteiger partial charge in [0, 0.05) is 12.2 Å². The summed E-state index contributed by atoms with van der Waals surface area (Å²) in [6, 6.07) is 17.8. The maximum Gasteiger partial charge on any atom is 0.248 e. The molecule has 2 N–H and O–H groups in total. The SMILES string of the molecule is Nc1c(Oc2ccccc2)ncnc1N1CCc2ccccc21. The van der Waals surface area contributed by atoms with E-state index in [1.165, 1.54) is 11.9 Å². The van der Waals surface area contributed by atoms with Crippen LogP contribution in [-0.4, -0.2) is 16.5 Å². The van der Waals surface area contributed by atoms with Crippen molar-refractivity contribution in [1.29, 1.82) is 0 Å². The van der Waals surface area contributed by atoms with Crippen LogP contribution in [0.1, 0.15) is 5.56 Å². The molecule has 3 aromatic rings. The average Bonchev–Trinajstić information content (AvgIpc) is 3.02. The quantitative estimate of drug-likeness (QED) is 0.801. The van der Waals surface area contributed by atoms with Crippen LogP contribution in [0.2, 0.25) is 0 Å². The third-order valence-electron chi connectivity index (χ3n) is 3.93. The van der Waals surface area contributed by atoms with E-state index in [9.17, 15) is 0 Å². The van der Waals surface area contributed by atoms with Crippen LogP contribution >= 0.6 is 0 Å². The highest BCUT2D eigenvalue weighted by Crippen LogP contribution is 2.39. The topological polar surface area (TPSA) is 64.3 Å². The Labute approximate surface area is 134 Å². The zero-order valence-electron chi connectivity index (χ0n) is 12.5. The van der Waals surface area contributed by atoms with Crippen LogP contribution in [0, 0.1) is 0 Å². The number of hydrogen-bond acceptors (Lipinski definition) is 5. The first-order chi connectivity index (χ1) is 11.3. The molecule has 4 rings (SSSR count). The van der Waals surface area contributed by atoms with Gasteiger partial charge in [-0.05, 0) is 30.2 Å². The van der Waals surface area contributed by atoms with Gasteiger partial charge >= 0.3 is 0 Å². The van der Waals surface area contributed by atoms with E-state index in [-0.39, 0.29) is 0 Å². The molecule has 0 radical (unpaired) electrons. The fourth-order valence-corrected chi connectivity index (χ4v) is 2.83. The summed E-state index contributed by atoms with van der Waals surface area (Å²) in [4.78, 5) is 10.7. The van der Waals surface area contributed by atoms with Crippen molar-refractivity contribution in [3.05, 3.63) is 66.5 Å². The normalized spacial score (nSPS) is 13.0. The van der Waals surface area contributed by atoms with Crippen molar-refractivity contribution in [2.45, 2.75) is 6.42 Å². The predicted octanol–water partition coefficient (Wildman–Crippen LogP) is 3.55. The molecule has 1 aromatic heterocycles. The van der Waals surface area contributed by atoms with Crippen LogP contribution in [-0.2, 0) is 6.42 Å². The number of nitrogens with two attached hydrogens (primary N) is 1. The highest BCUT2D eigenvalue weighted by atomic mass is 16.5. The van der Waals surface area contributed by atoms with E-state index in [0.29, 0.717) is 23.1 Å². The van der Waals surface area contributed by atoms with Crippen molar-refractivity contribution in [3.63, 3.8) is 0 Å². The molecule has 1 aliphatic heterocycles. The van der Waals surface area contributed by atoms with E-state index in [4.69, 9.17) is 10.5 Å². The Balaban J connectivity index is 1.70. The highest BCUT2D eigenvalue weighted by Gasteiger charge is 2.24. The van der Waals surface area contributed by atoms with E-state index in [1.807, 2.05) is 36.4 Å². The fraction of sp³-hybridized carbons (Fsp3) is 0.111. The molecule has 0 saturated carbocycles. The number of aromatic nitrogens is 2. The van der Waals surface area contributed by atoms with Crippen LogP contribution in [0.15, 0.2) is 60.9 Å². The number of rotatable bonds is 3. The number of benzene rings is 2. The molecule has 114 valence electrons. The van der Waals surface area contributed by atoms with Gasteiger partial charge in [-0.15, -0.1) is 0 Å². The lowest BCUT2D eigenvalue weighted by Crippen LogP contribution is -2.17. The molecule has 5 nitrogen and oxygen atoms in total. The molecule has 23 heavy (non-hydrogen) atoms. The maximum absolute atomic E-state index is 6.28. The van der Waals surface area contributed by atoms with Crippen molar-refractivity contribution in [2.75, 3.05) is 17.2 Å². The van der Waals surface area contributed by atoms with Gasteiger partial charge in [0.2, 0.25) is 5.88 Å². The Bertz CT molecular complexity index is 835. The summed E-state index contributed by atoms with van der Waals surface area (Å²) in [6.45, 7) is 0.853. The Kier molecular flexibility index (Phi) is 3.31. The maximum atomic E-state index is 6.28. The third-order valence-corrected chi connectivity index (χ3v) is 3.93. The first kappa shape index (κ1) is 13.6. The second kappa shape index (κ2) is 5.61. The van der Waals surface area contributed by atoms with Gasteiger partial charge in [0.1, 0.15) is 17.8 Å². The summed E-state index contributed by atoms with van der Waals surface area (Å²) in [5.74, 6) is 1.77. The van der Waals surface area contributed by atoms with Gasteiger partial charge in [0.05, 0.1) is 0 Å². The van der Waals surface area contributed by atoms with Gasteiger partial charge in [-0.1, -0.05) is 36.4 Å². The Morgan fingerprint density at radius 2 is 1.74 bits per heavy atom. The van der Waals surface area contributed by atoms with Gasteiger partial charge in [0.15, 0.2) is 5.82 Å². The molecule has 2 aromatic carbocycles. The predicted molar refractivity (Wildman–Crippen MR) is 90.1 cm³/mol. The second-order valence-electron chi connectivity index (χ2n) is 5.36. The van der Waals surface area contributed by atoms with Gasteiger partial charge in [-0.3, -0.25) is 0 Å². The van der Waals surface area contributed by atoms with Gasteiger partial charge < -0.3 is 15.4 Å². The molecule has 0 fully saturated rings. The van der Waals surface area contributed by atoms with Crippen LogP contribution in [0.4, 0.5) is 17.2 Å². The number of hydrogen-bond donors (Lipinski definition) is 1. The zero-order valence-corrected chi connectivity index (χ0v) is 12.5. The fourth-order valence-electron chi connectivity index (χ4n) is 2.83. The monoisotopic (exact) mass is 304 g/mol. The van der Waals surface area contributed by atoms with E-state index >= 15 is 0 Å². The average molecular weight is 304 g/mol. The molecule has 0 atom stereocenters. The number of nitrogen functional groups attached to an aromatic ring is 1. The third kappa shape index (κ3) is 2.46. The molecular formula is C18H16N4O. The van der Waals surface area contributed by atoms with Crippen molar-refractivity contribution in [2.24, 2.45) is 0 Å². The summed E-state index contributed by atoms with van der Waals surface area (Å²) >= 11 is 0. The minimum Gasteiger partial charge on any atom is -0.437 e. The molecular weight excluding hydrogens is 288 g/mol. The largest absolute Gasteiger partial charge is 0.437 e. The van der Waals surface area contributed by atoms with Crippen molar-refractivity contribution < 1.29 is 4.74 Å². The Hall–Kier alpha value is -3.08. The lowest BCUT2D eigenvalue weighted by atomic mass is 10.2. The van der Waals surface area contributed by atoms with Gasteiger partial charge in [0.25, 0.3) is 0 Å². The van der Waals surface area contributed by atoms with Crippen LogP contribution in [0.25, 0.3) is 0 Å². The number of fused-ring (bicyclic) bond motifs is 1. The standard InChI is InChI=1S/C18H16N4O/c19-16-17(22-11-10-13-6-4-5-9-15(13)22)20-12-21-18(16)23-14-7-2-1-3-8-14/h1-9,12H,10-11,19H2. The van der Waals surface area contributed by atoms with Crippen molar-refractivity contribution in [3.8, 4) is 11.6 Å². The molecule has 0 amide bonds. The molecule has 1 aliphatic rings. The lowest BCUT2D eigenvalue weighted by Gasteiger charge is -2.20. The van der Waals surface area contributed by atoms with Crippen molar-refractivity contribution in [1.82, 2.24) is 9.97 Å². The molecule has 2 heterocycles. The van der Waals surface area contributed by atoms with E-state index in [1.54, 1.807) is 0 Å². The molecule has 5 heteroatoms. The lowest BCUT2D eigenvalue weighted by molar-refractivity contribution is 0.464. The molecule has 0 saturated heterocycles. The van der Waals surface area contributed by atoms with Crippen molar-refractivity contribution >= 4 is 17.2 Å². The Morgan fingerprint density at radius 3 is 2.61 bits per heavy atom. The Morgan fingerprint density at radius 1 is 0.957 bits per heavy atom. The molecule has 0 spiro atoms. The minimum atomic E-state index is 0.380. The molecule has 0 unspecified atom stereocenters. The first-order valence-electron chi connectivity index (χ1n) is 7.52. The van der Waals surface area contributed by atoms with Gasteiger partial charge in [-0.2, -0.15) is 4.98 Å². The number of ether oxygens (including phenoxy) is 1. The first-order valence-corrected chi connectivity index (χ1v) is 7.52. The summed E-state index contributed by atoms with van der Waals surface area (Å²) in [5.41, 5.74) is 9.17. The molecule has 0 aliphatic carbocycles. The highest BCUT2D eigenvalue weighted by molar-refractivity contribution is 5.77. The number of anilines is 3. The van der Waals surface area contributed by atoms with Gasteiger partial charge in [-0.25, -0.2) is 4.98 Å². The smallest absolute Gasteiger partial charge is 0.248 e. The van der Waals surface area contributed by atoms with Crippen LogP contribution in [0.3, 0.4) is 0 Å². The summed E-state index contributed by atoms with van der Waals surface area (Å²) in [7, 11) is 0. The van der Waals surface area contributed by atoms with Crippen LogP contribution in [0.5, 0.6) is 11.6 Å².